The van der Waals surface area contributed by atoms with Crippen molar-refractivity contribution in [3.8, 4) is 27.7 Å². The molecule has 6 nitrogen and oxygen atoms in total. The maximum atomic E-state index is 5.28. The minimum Gasteiger partial charge on any atom is -0.497 e. The van der Waals surface area contributed by atoms with Crippen molar-refractivity contribution >= 4 is 17.3 Å². The van der Waals surface area contributed by atoms with Gasteiger partial charge in [-0.05, 0) is 29.1 Å². The van der Waals surface area contributed by atoms with Gasteiger partial charge in [0.2, 0.25) is 5.95 Å². The number of hydrogen-bond acceptors (Lipinski definition) is 6. The molecule has 0 amide bonds. The first kappa shape index (κ1) is 17.2. The van der Waals surface area contributed by atoms with Gasteiger partial charge in [-0.1, -0.05) is 18.2 Å². The van der Waals surface area contributed by atoms with Crippen LogP contribution in [0.25, 0.3) is 22.0 Å². The number of aryl methyl sites for hydroxylation is 1. The summed E-state index contributed by atoms with van der Waals surface area (Å²) in [6.07, 6.45) is 5.53. The van der Waals surface area contributed by atoms with E-state index in [1.54, 1.807) is 24.6 Å². The van der Waals surface area contributed by atoms with E-state index in [9.17, 15) is 0 Å². The number of imidazole rings is 1. The monoisotopic (exact) mass is 377 g/mol. The van der Waals surface area contributed by atoms with E-state index in [1.165, 1.54) is 0 Å². The van der Waals surface area contributed by atoms with Crippen molar-refractivity contribution in [2.24, 2.45) is 7.05 Å². The summed E-state index contributed by atoms with van der Waals surface area (Å²) < 4.78 is 7.25. The van der Waals surface area contributed by atoms with Crippen LogP contribution >= 0.6 is 11.3 Å². The van der Waals surface area contributed by atoms with E-state index in [0.717, 1.165) is 33.3 Å². The molecular weight excluding hydrogens is 358 g/mol. The summed E-state index contributed by atoms with van der Waals surface area (Å²) in [6, 6.07) is 12.0. The number of anilines is 1. The van der Waals surface area contributed by atoms with Crippen LogP contribution in [0.5, 0.6) is 5.75 Å². The van der Waals surface area contributed by atoms with Crippen LogP contribution in [0.4, 0.5) is 5.95 Å². The van der Waals surface area contributed by atoms with Gasteiger partial charge in [-0.2, -0.15) is 0 Å². The summed E-state index contributed by atoms with van der Waals surface area (Å²) in [5.41, 5.74) is 2.89. The lowest BCUT2D eigenvalue weighted by atomic mass is 10.2. The van der Waals surface area contributed by atoms with Crippen molar-refractivity contribution in [1.29, 1.82) is 0 Å². The Hall–Kier alpha value is -3.19. The number of ether oxygens (including phenoxy) is 1. The molecule has 0 bridgehead atoms. The zero-order valence-corrected chi connectivity index (χ0v) is 15.9. The van der Waals surface area contributed by atoms with Gasteiger partial charge in [0, 0.05) is 32.2 Å². The minimum atomic E-state index is 0.583. The number of nitrogens with one attached hydrogen (secondary N) is 1. The van der Waals surface area contributed by atoms with Crippen molar-refractivity contribution in [2.75, 3.05) is 12.4 Å². The predicted octanol–water partition coefficient (Wildman–Crippen LogP) is 4.23. The molecule has 0 aliphatic heterocycles. The first-order valence-electron chi connectivity index (χ1n) is 8.50. The van der Waals surface area contributed by atoms with Crippen LogP contribution in [0, 0.1) is 0 Å². The maximum absolute atomic E-state index is 5.28. The minimum absolute atomic E-state index is 0.583. The Morgan fingerprint density at radius 3 is 2.85 bits per heavy atom. The number of thiophene rings is 1. The highest BCUT2D eigenvalue weighted by Gasteiger charge is 2.15. The Labute approximate surface area is 161 Å². The van der Waals surface area contributed by atoms with Crippen LogP contribution in [0.3, 0.4) is 0 Å². The standard InChI is InChI=1S/C20H19N5OS/c1-25-9-8-21-19(25)16-13-23-20(24-18(16)17-7-4-10-27-17)22-12-14-5-3-6-15(11-14)26-2/h3-11,13H,12H2,1-2H3,(H,22,23,24). The number of aromatic nitrogens is 4. The fourth-order valence-electron chi connectivity index (χ4n) is 2.82. The van der Waals surface area contributed by atoms with Crippen molar-refractivity contribution in [3.63, 3.8) is 0 Å². The average Bonchev–Trinajstić information content (AvgIpc) is 3.38. The molecule has 0 saturated heterocycles. The van der Waals surface area contributed by atoms with Gasteiger partial charge in [0.25, 0.3) is 0 Å². The third-order valence-electron chi connectivity index (χ3n) is 4.19. The Morgan fingerprint density at radius 1 is 1.19 bits per heavy atom. The molecule has 1 N–H and O–H groups in total. The van der Waals surface area contributed by atoms with Gasteiger partial charge in [-0.15, -0.1) is 11.3 Å². The highest BCUT2D eigenvalue weighted by Crippen LogP contribution is 2.32. The molecule has 0 spiro atoms. The molecule has 27 heavy (non-hydrogen) atoms. The molecule has 3 aromatic heterocycles. The molecule has 0 fully saturated rings. The molecule has 7 heteroatoms. The average molecular weight is 377 g/mol. The zero-order valence-electron chi connectivity index (χ0n) is 15.1. The van der Waals surface area contributed by atoms with Gasteiger partial charge in [-0.25, -0.2) is 15.0 Å². The van der Waals surface area contributed by atoms with Crippen molar-refractivity contribution < 1.29 is 4.74 Å². The number of methoxy groups -OCH3 is 1. The summed E-state index contributed by atoms with van der Waals surface area (Å²) in [4.78, 5) is 14.8. The number of nitrogens with zero attached hydrogens (tertiary/aromatic N) is 4. The van der Waals surface area contributed by atoms with Crippen LogP contribution in [0.1, 0.15) is 5.56 Å². The lowest BCUT2D eigenvalue weighted by Gasteiger charge is -2.11. The summed E-state index contributed by atoms with van der Waals surface area (Å²) in [5.74, 6) is 2.26. The summed E-state index contributed by atoms with van der Waals surface area (Å²) >= 11 is 1.65. The van der Waals surface area contributed by atoms with Crippen molar-refractivity contribution in [3.05, 3.63) is 65.9 Å². The largest absolute Gasteiger partial charge is 0.497 e. The zero-order chi connectivity index (χ0) is 18.6. The Balaban J connectivity index is 1.65. The van der Waals surface area contributed by atoms with Crippen molar-refractivity contribution in [2.45, 2.75) is 6.54 Å². The predicted molar refractivity (Wildman–Crippen MR) is 108 cm³/mol. The van der Waals surface area contributed by atoms with Crippen LogP contribution in [-0.2, 0) is 13.6 Å². The molecule has 0 radical (unpaired) electrons. The van der Waals surface area contributed by atoms with Crippen LogP contribution in [0.2, 0.25) is 0 Å². The van der Waals surface area contributed by atoms with E-state index in [1.807, 2.05) is 59.7 Å². The van der Waals surface area contributed by atoms with Crippen LogP contribution in [0.15, 0.2) is 60.4 Å². The molecule has 136 valence electrons. The summed E-state index contributed by atoms with van der Waals surface area (Å²) in [5, 5.41) is 5.35. The molecule has 0 atom stereocenters. The fourth-order valence-corrected chi connectivity index (χ4v) is 3.55. The Bertz CT molecular complexity index is 1040. The number of hydrogen-bond donors (Lipinski definition) is 1. The molecular formula is C20H19N5OS. The molecule has 3 heterocycles. The second-order valence-corrected chi connectivity index (χ2v) is 6.95. The van der Waals surface area contributed by atoms with Gasteiger partial charge in [0.15, 0.2) is 0 Å². The molecule has 0 aliphatic carbocycles. The molecule has 1 aromatic carbocycles. The van der Waals surface area contributed by atoms with Gasteiger partial charge < -0.3 is 14.6 Å². The normalized spacial score (nSPS) is 10.7. The molecule has 4 rings (SSSR count). The van der Waals surface area contributed by atoms with E-state index in [-0.39, 0.29) is 0 Å². The number of benzene rings is 1. The van der Waals surface area contributed by atoms with Gasteiger partial charge >= 0.3 is 0 Å². The highest BCUT2D eigenvalue weighted by molar-refractivity contribution is 7.13. The molecule has 0 unspecified atom stereocenters. The highest BCUT2D eigenvalue weighted by atomic mass is 32.1. The van der Waals surface area contributed by atoms with E-state index in [4.69, 9.17) is 9.72 Å². The molecule has 0 aliphatic rings. The smallest absolute Gasteiger partial charge is 0.223 e. The van der Waals surface area contributed by atoms with Crippen LogP contribution in [-0.4, -0.2) is 26.6 Å². The Kier molecular flexibility index (Phi) is 4.84. The Morgan fingerprint density at radius 2 is 2.11 bits per heavy atom. The first-order valence-corrected chi connectivity index (χ1v) is 9.38. The third kappa shape index (κ3) is 3.68. The SMILES string of the molecule is COc1cccc(CNc2ncc(-c3nccn3C)c(-c3cccs3)n2)c1. The molecule has 4 aromatic rings. The summed E-state index contributed by atoms with van der Waals surface area (Å²) in [7, 11) is 3.63. The fraction of sp³-hybridized carbons (Fsp3) is 0.150. The van der Waals surface area contributed by atoms with Crippen molar-refractivity contribution in [1.82, 2.24) is 19.5 Å². The van der Waals surface area contributed by atoms with E-state index >= 15 is 0 Å². The topological polar surface area (TPSA) is 64.9 Å². The first-order chi connectivity index (χ1) is 13.2. The van der Waals surface area contributed by atoms with Crippen LogP contribution < -0.4 is 10.1 Å². The van der Waals surface area contributed by atoms with E-state index in [0.29, 0.717) is 12.5 Å². The third-order valence-corrected chi connectivity index (χ3v) is 5.07. The lowest BCUT2D eigenvalue weighted by Crippen LogP contribution is -2.06. The second kappa shape index (κ2) is 7.59. The second-order valence-electron chi connectivity index (χ2n) is 6.00. The maximum Gasteiger partial charge on any atom is 0.223 e. The lowest BCUT2D eigenvalue weighted by molar-refractivity contribution is 0.414. The van der Waals surface area contributed by atoms with Gasteiger partial charge in [0.1, 0.15) is 11.6 Å². The number of rotatable bonds is 6. The summed E-state index contributed by atoms with van der Waals surface area (Å²) in [6.45, 7) is 0.614. The van der Waals surface area contributed by atoms with E-state index in [2.05, 4.69) is 21.4 Å². The van der Waals surface area contributed by atoms with Gasteiger partial charge in [0.05, 0.1) is 23.2 Å². The van der Waals surface area contributed by atoms with Gasteiger partial charge in [-0.3, -0.25) is 0 Å². The molecule has 0 saturated carbocycles. The van der Waals surface area contributed by atoms with E-state index < -0.39 is 0 Å². The quantitative estimate of drug-likeness (QED) is 0.545.